The number of ether oxygens (including phenoxy) is 1. The fraction of sp³-hybridized carbons (Fsp3) is 0.600. The van der Waals surface area contributed by atoms with Crippen LogP contribution in [0, 0.1) is 0 Å². The number of hydrogen-bond donors (Lipinski definition) is 2. The van der Waals surface area contributed by atoms with Crippen LogP contribution in [0.1, 0.15) is 26.3 Å². The van der Waals surface area contributed by atoms with E-state index in [9.17, 15) is 9.59 Å². The van der Waals surface area contributed by atoms with Crippen LogP contribution in [0.2, 0.25) is 0 Å². The zero-order valence-electron chi connectivity index (χ0n) is 16.6. The lowest BCUT2D eigenvalue weighted by Crippen LogP contribution is -2.52. The maximum atomic E-state index is 12.1. The van der Waals surface area contributed by atoms with Crippen LogP contribution in [0.3, 0.4) is 0 Å². The van der Waals surface area contributed by atoms with Crippen LogP contribution in [0.4, 0.5) is 4.79 Å². The van der Waals surface area contributed by atoms with Gasteiger partial charge in [-0.05, 0) is 32.8 Å². The van der Waals surface area contributed by atoms with Gasteiger partial charge in [-0.25, -0.2) is 4.79 Å². The van der Waals surface area contributed by atoms with E-state index in [1.165, 1.54) is 0 Å². The minimum atomic E-state index is -0.545. The van der Waals surface area contributed by atoms with Crippen LogP contribution in [-0.4, -0.2) is 72.7 Å². The number of nitrogens with two attached hydrogens (primary N) is 1. The Balaban J connectivity index is 1.64. The smallest absolute Gasteiger partial charge is 0.410 e. The molecule has 0 aromatic heterocycles. The van der Waals surface area contributed by atoms with E-state index in [0.29, 0.717) is 26.1 Å². The molecule has 0 aliphatic carbocycles. The van der Waals surface area contributed by atoms with Crippen molar-refractivity contribution in [3.05, 3.63) is 35.9 Å². The van der Waals surface area contributed by atoms with Crippen LogP contribution in [0.5, 0.6) is 0 Å². The number of carbonyl (C=O) groups excluding carboxylic acids is 2. The molecule has 2 amide bonds. The quantitative estimate of drug-likeness (QED) is 0.780. The number of nitrogens with zero attached hydrogens (tertiary/aromatic N) is 2. The Bertz CT molecular complexity index is 607. The van der Waals surface area contributed by atoms with Gasteiger partial charge in [-0.15, -0.1) is 0 Å². The molecule has 1 fully saturated rings. The van der Waals surface area contributed by atoms with Crippen molar-refractivity contribution in [1.29, 1.82) is 0 Å². The van der Waals surface area contributed by atoms with E-state index >= 15 is 0 Å². The normalized spacial score (nSPS) is 16.7. The zero-order valence-corrected chi connectivity index (χ0v) is 16.6. The van der Waals surface area contributed by atoms with Crippen LogP contribution in [0.25, 0.3) is 0 Å². The topological polar surface area (TPSA) is 87.9 Å². The van der Waals surface area contributed by atoms with Crippen molar-refractivity contribution in [1.82, 2.24) is 15.1 Å². The molecule has 2 rings (SSSR count). The minimum Gasteiger partial charge on any atom is -0.444 e. The number of amides is 2. The van der Waals surface area contributed by atoms with E-state index in [1.807, 2.05) is 51.1 Å². The predicted octanol–water partition coefficient (Wildman–Crippen LogP) is 1.23. The molecule has 0 saturated carbocycles. The summed E-state index contributed by atoms with van der Waals surface area (Å²) in [6, 6.07) is 9.22. The van der Waals surface area contributed by atoms with Crippen molar-refractivity contribution in [3.63, 3.8) is 0 Å². The molecule has 1 saturated heterocycles. The Morgan fingerprint density at radius 1 is 1.15 bits per heavy atom. The van der Waals surface area contributed by atoms with E-state index in [4.69, 9.17) is 10.5 Å². The highest BCUT2D eigenvalue weighted by molar-refractivity contribution is 5.81. The van der Waals surface area contributed by atoms with Gasteiger partial charge < -0.3 is 20.7 Å². The van der Waals surface area contributed by atoms with E-state index in [-0.39, 0.29) is 12.0 Å². The molecule has 0 spiro atoms. The molecule has 1 aliphatic rings. The molecule has 1 atom stereocenters. The highest BCUT2D eigenvalue weighted by Crippen LogP contribution is 2.11. The summed E-state index contributed by atoms with van der Waals surface area (Å²) in [5.74, 6) is -0.133. The van der Waals surface area contributed by atoms with Gasteiger partial charge in [0.25, 0.3) is 0 Å². The van der Waals surface area contributed by atoms with Gasteiger partial charge in [-0.3, -0.25) is 9.69 Å². The molecule has 0 radical (unpaired) electrons. The van der Waals surface area contributed by atoms with Gasteiger partial charge in [-0.1, -0.05) is 30.3 Å². The molecule has 0 bridgehead atoms. The highest BCUT2D eigenvalue weighted by atomic mass is 16.6. The maximum Gasteiger partial charge on any atom is 0.410 e. The van der Waals surface area contributed by atoms with Gasteiger partial charge in [0.1, 0.15) is 5.60 Å². The van der Waals surface area contributed by atoms with Crippen molar-refractivity contribution in [2.75, 3.05) is 39.3 Å². The van der Waals surface area contributed by atoms with Crippen molar-refractivity contribution in [3.8, 4) is 0 Å². The number of benzene rings is 1. The van der Waals surface area contributed by atoms with Crippen molar-refractivity contribution < 1.29 is 14.3 Å². The molecule has 7 heteroatoms. The summed E-state index contributed by atoms with van der Waals surface area (Å²) in [5, 5.41) is 2.90. The van der Waals surface area contributed by atoms with E-state index in [0.717, 1.165) is 25.2 Å². The average molecular weight is 377 g/mol. The lowest BCUT2D eigenvalue weighted by Gasteiger charge is -2.35. The summed E-state index contributed by atoms with van der Waals surface area (Å²) >= 11 is 0. The first-order valence-corrected chi connectivity index (χ1v) is 9.52. The van der Waals surface area contributed by atoms with E-state index < -0.39 is 11.6 Å². The minimum absolute atomic E-state index is 0.133. The zero-order chi connectivity index (χ0) is 19.9. The number of piperazine rings is 1. The molecule has 0 unspecified atom stereocenters. The van der Waals surface area contributed by atoms with Crippen LogP contribution in [0.15, 0.2) is 30.3 Å². The first-order valence-electron chi connectivity index (χ1n) is 9.52. The summed E-state index contributed by atoms with van der Waals surface area (Å²) < 4.78 is 5.40. The van der Waals surface area contributed by atoms with Crippen molar-refractivity contribution in [2.24, 2.45) is 5.73 Å². The third kappa shape index (κ3) is 7.56. The molecule has 27 heavy (non-hydrogen) atoms. The third-order valence-corrected chi connectivity index (χ3v) is 4.39. The number of nitrogens with one attached hydrogen (secondary N) is 1. The summed E-state index contributed by atoms with van der Waals surface area (Å²) in [6.07, 6.45) is 0.267. The summed E-state index contributed by atoms with van der Waals surface area (Å²) in [4.78, 5) is 28.2. The second-order valence-electron chi connectivity index (χ2n) is 7.90. The monoisotopic (exact) mass is 376 g/mol. The fourth-order valence-electron chi connectivity index (χ4n) is 2.91. The Kier molecular flexibility index (Phi) is 7.62. The second kappa shape index (κ2) is 9.71. The largest absolute Gasteiger partial charge is 0.444 e. The maximum absolute atomic E-state index is 12.1. The third-order valence-electron chi connectivity index (χ3n) is 4.39. The van der Waals surface area contributed by atoms with E-state index in [1.54, 1.807) is 4.90 Å². The molecular weight excluding hydrogens is 344 g/mol. The Morgan fingerprint density at radius 3 is 2.37 bits per heavy atom. The Labute approximate surface area is 161 Å². The van der Waals surface area contributed by atoms with Gasteiger partial charge in [0, 0.05) is 39.3 Å². The number of rotatable bonds is 6. The standard InChI is InChI=1S/C20H32N4O3/c1-20(2,3)27-19(26)24-13-11-23(12-14-24)10-9-22-18(25)17(21)15-16-7-5-4-6-8-16/h4-8,17H,9-15,21H2,1-3H3,(H,22,25)/t17-/m1/s1. The Hall–Kier alpha value is -2.12. The van der Waals surface area contributed by atoms with Gasteiger partial charge in [0.15, 0.2) is 0 Å². The van der Waals surface area contributed by atoms with Gasteiger partial charge >= 0.3 is 6.09 Å². The van der Waals surface area contributed by atoms with E-state index in [2.05, 4.69) is 10.2 Å². The average Bonchev–Trinajstić information content (AvgIpc) is 2.61. The molecule has 1 aromatic rings. The lowest BCUT2D eigenvalue weighted by atomic mass is 10.1. The summed E-state index contributed by atoms with van der Waals surface area (Å²) in [7, 11) is 0. The van der Waals surface area contributed by atoms with Crippen LogP contribution >= 0.6 is 0 Å². The molecule has 1 heterocycles. The van der Waals surface area contributed by atoms with Crippen LogP contribution < -0.4 is 11.1 Å². The molecule has 1 aromatic carbocycles. The van der Waals surface area contributed by atoms with Crippen LogP contribution in [-0.2, 0) is 16.0 Å². The molecular formula is C20H32N4O3. The summed E-state index contributed by atoms with van der Waals surface area (Å²) in [5.41, 5.74) is 6.57. The van der Waals surface area contributed by atoms with Crippen molar-refractivity contribution in [2.45, 2.75) is 38.8 Å². The predicted molar refractivity (Wildman–Crippen MR) is 105 cm³/mol. The molecule has 3 N–H and O–H groups in total. The lowest BCUT2D eigenvalue weighted by molar-refractivity contribution is -0.122. The molecule has 150 valence electrons. The first kappa shape index (κ1) is 21.2. The fourth-order valence-corrected chi connectivity index (χ4v) is 2.91. The second-order valence-corrected chi connectivity index (χ2v) is 7.90. The van der Waals surface area contributed by atoms with Gasteiger partial charge in [-0.2, -0.15) is 0 Å². The van der Waals surface area contributed by atoms with Crippen molar-refractivity contribution >= 4 is 12.0 Å². The Morgan fingerprint density at radius 2 is 1.78 bits per heavy atom. The SMILES string of the molecule is CC(C)(C)OC(=O)N1CCN(CCNC(=O)[C@H](N)Cc2ccccc2)CC1. The summed E-state index contributed by atoms with van der Waals surface area (Å²) in [6.45, 7) is 9.70. The number of carbonyl (C=O) groups is 2. The van der Waals surface area contributed by atoms with Gasteiger partial charge in [0.2, 0.25) is 5.91 Å². The highest BCUT2D eigenvalue weighted by Gasteiger charge is 2.25. The van der Waals surface area contributed by atoms with Gasteiger partial charge in [0.05, 0.1) is 6.04 Å². The first-order chi connectivity index (χ1) is 12.7. The molecule has 7 nitrogen and oxygen atoms in total. The molecule has 1 aliphatic heterocycles. The number of hydrogen-bond acceptors (Lipinski definition) is 5.